The SMILES string of the molecule is Nc1nccc(C2CCCCC2)c1F. The molecule has 0 bridgehead atoms. The molecular formula is C11H15FN2. The van der Waals surface area contributed by atoms with Crippen LogP contribution in [0.25, 0.3) is 0 Å². The smallest absolute Gasteiger partial charge is 0.168 e. The Morgan fingerprint density at radius 3 is 2.71 bits per heavy atom. The van der Waals surface area contributed by atoms with E-state index in [2.05, 4.69) is 4.98 Å². The number of halogens is 1. The first-order valence-electron chi connectivity index (χ1n) is 5.19. The second-order valence-corrected chi connectivity index (χ2v) is 3.93. The predicted octanol–water partition coefficient (Wildman–Crippen LogP) is 2.85. The zero-order valence-corrected chi connectivity index (χ0v) is 8.17. The van der Waals surface area contributed by atoms with Gasteiger partial charge >= 0.3 is 0 Å². The van der Waals surface area contributed by atoms with E-state index in [-0.39, 0.29) is 11.6 Å². The molecule has 1 aliphatic carbocycles. The molecule has 0 aliphatic heterocycles. The van der Waals surface area contributed by atoms with Crippen molar-refractivity contribution in [2.24, 2.45) is 0 Å². The largest absolute Gasteiger partial charge is 0.381 e. The second-order valence-electron chi connectivity index (χ2n) is 3.93. The van der Waals surface area contributed by atoms with E-state index in [4.69, 9.17) is 5.73 Å². The summed E-state index contributed by atoms with van der Waals surface area (Å²) in [6.45, 7) is 0. The third-order valence-corrected chi connectivity index (χ3v) is 2.99. The highest BCUT2D eigenvalue weighted by molar-refractivity contribution is 5.36. The van der Waals surface area contributed by atoms with Crippen molar-refractivity contribution in [3.63, 3.8) is 0 Å². The molecule has 1 aromatic heterocycles. The van der Waals surface area contributed by atoms with Gasteiger partial charge in [-0.05, 0) is 30.4 Å². The van der Waals surface area contributed by atoms with Gasteiger partial charge in [-0.1, -0.05) is 19.3 Å². The molecule has 76 valence electrons. The maximum atomic E-state index is 13.6. The number of hydrogen-bond donors (Lipinski definition) is 1. The number of nitrogens with two attached hydrogens (primary N) is 1. The van der Waals surface area contributed by atoms with Gasteiger partial charge < -0.3 is 5.73 Å². The molecule has 0 unspecified atom stereocenters. The molecule has 0 aromatic carbocycles. The van der Waals surface area contributed by atoms with Crippen LogP contribution in [0.2, 0.25) is 0 Å². The maximum absolute atomic E-state index is 13.6. The van der Waals surface area contributed by atoms with Gasteiger partial charge in [0.25, 0.3) is 0 Å². The standard InChI is InChI=1S/C11H15FN2/c12-10-9(6-7-14-11(10)13)8-4-2-1-3-5-8/h6-8H,1-5H2,(H2,13,14). The van der Waals surface area contributed by atoms with E-state index in [1.54, 1.807) is 12.3 Å². The summed E-state index contributed by atoms with van der Waals surface area (Å²) in [5.74, 6) is 0.0847. The van der Waals surface area contributed by atoms with E-state index in [0.29, 0.717) is 5.92 Å². The Kier molecular flexibility index (Phi) is 2.66. The molecule has 2 nitrogen and oxygen atoms in total. The van der Waals surface area contributed by atoms with Gasteiger partial charge in [-0.25, -0.2) is 9.37 Å². The van der Waals surface area contributed by atoms with Crippen molar-refractivity contribution < 1.29 is 4.39 Å². The van der Waals surface area contributed by atoms with Crippen LogP contribution in [-0.2, 0) is 0 Å². The Morgan fingerprint density at radius 1 is 1.29 bits per heavy atom. The van der Waals surface area contributed by atoms with Crippen molar-refractivity contribution in [3.05, 3.63) is 23.6 Å². The predicted molar refractivity (Wildman–Crippen MR) is 54.4 cm³/mol. The minimum atomic E-state index is -0.306. The molecule has 0 spiro atoms. The molecule has 1 aromatic rings. The summed E-state index contributed by atoms with van der Waals surface area (Å²) in [6, 6.07) is 1.77. The van der Waals surface area contributed by atoms with Gasteiger partial charge in [0.1, 0.15) is 0 Å². The minimum Gasteiger partial charge on any atom is -0.381 e. The van der Waals surface area contributed by atoms with E-state index in [1.165, 1.54) is 19.3 Å². The zero-order valence-electron chi connectivity index (χ0n) is 8.17. The monoisotopic (exact) mass is 194 g/mol. The fourth-order valence-corrected chi connectivity index (χ4v) is 2.20. The van der Waals surface area contributed by atoms with Gasteiger partial charge in [0.15, 0.2) is 11.6 Å². The van der Waals surface area contributed by atoms with Gasteiger partial charge in [-0.15, -0.1) is 0 Å². The van der Waals surface area contributed by atoms with E-state index in [9.17, 15) is 4.39 Å². The molecule has 2 N–H and O–H groups in total. The van der Waals surface area contributed by atoms with Gasteiger partial charge in [0.2, 0.25) is 0 Å². The van der Waals surface area contributed by atoms with Crippen LogP contribution in [0, 0.1) is 5.82 Å². The van der Waals surface area contributed by atoms with Crippen molar-refractivity contribution in [3.8, 4) is 0 Å². The molecule has 1 heterocycles. The number of nitrogens with zero attached hydrogens (tertiary/aromatic N) is 1. The first-order valence-corrected chi connectivity index (χ1v) is 5.19. The summed E-state index contributed by atoms with van der Waals surface area (Å²) >= 11 is 0. The lowest BCUT2D eigenvalue weighted by molar-refractivity contribution is 0.429. The second kappa shape index (κ2) is 3.95. The van der Waals surface area contributed by atoms with Gasteiger partial charge in [0, 0.05) is 6.20 Å². The Bertz CT molecular complexity index is 319. The van der Waals surface area contributed by atoms with E-state index < -0.39 is 0 Å². The van der Waals surface area contributed by atoms with E-state index >= 15 is 0 Å². The third-order valence-electron chi connectivity index (χ3n) is 2.99. The van der Waals surface area contributed by atoms with Crippen LogP contribution < -0.4 is 5.73 Å². The van der Waals surface area contributed by atoms with Crippen LogP contribution in [0.4, 0.5) is 10.2 Å². The van der Waals surface area contributed by atoms with Crippen molar-refractivity contribution in [2.75, 3.05) is 5.73 Å². The first kappa shape index (κ1) is 9.44. The highest BCUT2D eigenvalue weighted by Gasteiger charge is 2.19. The average Bonchev–Trinajstić information content (AvgIpc) is 2.23. The number of rotatable bonds is 1. The summed E-state index contributed by atoms with van der Waals surface area (Å²) < 4.78 is 13.6. The molecular weight excluding hydrogens is 179 g/mol. The first-order chi connectivity index (χ1) is 6.79. The highest BCUT2D eigenvalue weighted by Crippen LogP contribution is 2.34. The molecule has 0 radical (unpaired) electrons. The quantitative estimate of drug-likeness (QED) is 0.746. The summed E-state index contributed by atoms with van der Waals surface area (Å²) in [5.41, 5.74) is 6.20. The molecule has 1 saturated carbocycles. The van der Waals surface area contributed by atoms with Crippen LogP contribution in [0.3, 0.4) is 0 Å². The molecule has 0 atom stereocenters. The summed E-state index contributed by atoms with van der Waals surface area (Å²) in [7, 11) is 0. The number of anilines is 1. The fourth-order valence-electron chi connectivity index (χ4n) is 2.20. The van der Waals surface area contributed by atoms with Crippen molar-refractivity contribution in [1.82, 2.24) is 4.98 Å². The Hall–Kier alpha value is -1.12. The molecule has 2 rings (SSSR count). The molecule has 3 heteroatoms. The average molecular weight is 194 g/mol. The Labute approximate surface area is 83.3 Å². The number of pyridine rings is 1. The van der Waals surface area contributed by atoms with Crippen LogP contribution in [0.1, 0.15) is 43.6 Å². The Balaban J connectivity index is 2.26. The van der Waals surface area contributed by atoms with Gasteiger partial charge in [0.05, 0.1) is 0 Å². The molecule has 1 fully saturated rings. The van der Waals surface area contributed by atoms with Crippen molar-refractivity contribution in [1.29, 1.82) is 0 Å². The highest BCUT2D eigenvalue weighted by atomic mass is 19.1. The topological polar surface area (TPSA) is 38.9 Å². The van der Waals surface area contributed by atoms with Crippen LogP contribution in [-0.4, -0.2) is 4.98 Å². The van der Waals surface area contributed by atoms with Crippen LogP contribution in [0.15, 0.2) is 12.3 Å². The molecule has 1 aliphatic rings. The molecule has 14 heavy (non-hydrogen) atoms. The molecule has 0 saturated heterocycles. The lowest BCUT2D eigenvalue weighted by Crippen LogP contribution is -2.08. The van der Waals surface area contributed by atoms with E-state index in [0.717, 1.165) is 18.4 Å². The Morgan fingerprint density at radius 2 is 2.00 bits per heavy atom. The normalized spacial score (nSPS) is 18.4. The van der Waals surface area contributed by atoms with Gasteiger partial charge in [-0.3, -0.25) is 0 Å². The third kappa shape index (κ3) is 1.72. The van der Waals surface area contributed by atoms with E-state index in [1.807, 2.05) is 0 Å². The summed E-state index contributed by atoms with van der Waals surface area (Å²) in [5, 5.41) is 0. The van der Waals surface area contributed by atoms with Crippen LogP contribution >= 0.6 is 0 Å². The zero-order chi connectivity index (χ0) is 9.97. The number of aromatic nitrogens is 1. The lowest BCUT2D eigenvalue weighted by Gasteiger charge is -2.22. The lowest BCUT2D eigenvalue weighted by atomic mass is 9.84. The number of nitrogen functional groups attached to an aromatic ring is 1. The van der Waals surface area contributed by atoms with Gasteiger partial charge in [-0.2, -0.15) is 0 Å². The fraction of sp³-hybridized carbons (Fsp3) is 0.545. The summed E-state index contributed by atoms with van der Waals surface area (Å²) in [4.78, 5) is 3.74. The number of hydrogen-bond acceptors (Lipinski definition) is 2. The summed E-state index contributed by atoms with van der Waals surface area (Å²) in [6.07, 6.45) is 7.44. The maximum Gasteiger partial charge on any atom is 0.168 e. The minimum absolute atomic E-state index is 0.0353. The van der Waals surface area contributed by atoms with Crippen LogP contribution in [0.5, 0.6) is 0 Å². The molecule has 0 amide bonds. The van der Waals surface area contributed by atoms with Crippen molar-refractivity contribution in [2.45, 2.75) is 38.0 Å². The van der Waals surface area contributed by atoms with Crippen molar-refractivity contribution >= 4 is 5.82 Å².